The summed E-state index contributed by atoms with van der Waals surface area (Å²) in [5.74, 6) is 0.478. The van der Waals surface area contributed by atoms with E-state index in [1.54, 1.807) is 12.1 Å². The summed E-state index contributed by atoms with van der Waals surface area (Å²) < 4.78 is 34.7. The SMILES string of the molecule is COc1ccc(CCNC(=O)c2cc(C3CC3)nc3ccccc23)cc1OC(F)F. The molecule has 7 heteroatoms. The van der Waals surface area contributed by atoms with Gasteiger partial charge in [0.1, 0.15) is 0 Å². The average Bonchev–Trinajstić information content (AvgIpc) is 3.58. The van der Waals surface area contributed by atoms with Gasteiger partial charge in [-0.15, -0.1) is 0 Å². The number of fused-ring (bicyclic) bond motifs is 1. The first-order chi connectivity index (χ1) is 14.5. The van der Waals surface area contributed by atoms with Crippen molar-refractivity contribution in [3.05, 3.63) is 65.4 Å². The van der Waals surface area contributed by atoms with Gasteiger partial charge in [-0.2, -0.15) is 8.78 Å². The minimum Gasteiger partial charge on any atom is -0.493 e. The first kappa shape index (κ1) is 20.1. The highest BCUT2D eigenvalue weighted by atomic mass is 19.3. The molecule has 156 valence electrons. The fourth-order valence-corrected chi connectivity index (χ4v) is 3.45. The molecule has 4 rings (SSSR count). The maximum atomic E-state index is 12.9. The van der Waals surface area contributed by atoms with Crippen LogP contribution in [-0.2, 0) is 6.42 Å². The number of ether oxygens (including phenoxy) is 2. The molecule has 1 aromatic heterocycles. The monoisotopic (exact) mass is 412 g/mol. The summed E-state index contributed by atoms with van der Waals surface area (Å²) in [5, 5.41) is 3.74. The lowest BCUT2D eigenvalue weighted by Gasteiger charge is -2.12. The number of halogens is 2. The molecule has 0 aliphatic heterocycles. The summed E-state index contributed by atoms with van der Waals surface area (Å²) in [4.78, 5) is 17.6. The number of nitrogens with one attached hydrogen (secondary N) is 1. The van der Waals surface area contributed by atoms with E-state index >= 15 is 0 Å². The van der Waals surface area contributed by atoms with Crippen LogP contribution in [0.3, 0.4) is 0 Å². The van der Waals surface area contributed by atoms with E-state index in [1.165, 1.54) is 13.2 Å². The van der Waals surface area contributed by atoms with E-state index in [0.29, 0.717) is 24.4 Å². The topological polar surface area (TPSA) is 60.5 Å². The zero-order valence-corrected chi connectivity index (χ0v) is 16.5. The number of pyridine rings is 1. The molecule has 2 aromatic carbocycles. The van der Waals surface area contributed by atoms with Crippen LogP contribution in [0, 0.1) is 0 Å². The molecule has 1 amide bonds. The number of amides is 1. The van der Waals surface area contributed by atoms with E-state index in [-0.39, 0.29) is 17.4 Å². The van der Waals surface area contributed by atoms with Gasteiger partial charge in [0.15, 0.2) is 11.5 Å². The molecule has 0 unspecified atom stereocenters. The summed E-state index contributed by atoms with van der Waals surface area (Å²) in [6, 6.07) is 14.3. The number of benzene rings is 2. The van der Waals surface area contributed by atoms with E-state index in [4.69, 9.17) is 9.72 Å². The largest absolute Gasteiger partial charge is 0.493 e. The predicted molar refractivity (Wildman–Crippen MR) is 109 cm³/mol. The summed E-state index contributed by atoms with van der Waals surface area (Å²) in [7, 11) is 1.39. The number of carbonyl (C=O) groups excluding carboxylic acids is 1. The van der Waals surface area contributed by atoms with Crippen molar-refractivity contribution in [1.29, 1.82) is 0 Å². The molecule has 0 radical (unpaired) electrons. The van der Waals surface area contributed by atoms with Crippen molar-refractivity contribution >= 4 is 16.8 Å². The molecule has 1 fully saturated rings. The van der Waals surface area contributed by atoms with Gasteiger partial charge in [0.25, 0.3) is 5.91 Å². The van der Waals surface area contributed by atoms with Crippen LogP contribution in [-0.4, -0.2) is 31.2 Å². The number of aromatic nitrogens is 1. The summed E-state index contributed by atoms with van der Waals surface area (Å²) in [5.41, 5.74) is 3.14. The second kappa shape index (κ2) is 8.65. The van der Waals surface area contributed by atoms with Crippen LogP contribution < -0.4 is 14.8 Å². The fourth-order valence-electron chi connectivity index (χ4n) is 3.45. The number of methoxy groups -OCH3 is 1. The van der Waals surface area contributed by atoms with Gasteiger partial charge in [-0.1, -0.05) is 24.3 Å². The number of carbonyl (C=O) groups is 1. The van der Waals surface area contributed by atoms with Crippen LogP contribution in [0.4, 0.5) is 8.78 Å². The van der Waals surface area contributed by atoms with Crippen molar-refractivity contribution < 1.29 is 23.0 Å². The lowest BCUT2D eigenvalue weighted by molar-refractivity contribution is -0.0512. The molecule has 3 aromatic rings. The molecule has 1 saturated carbocycles. The van der Waals surface area contributed by atoms with Crippen molar-refractivity contribution in [2.45, 2.75) is 31.8 Å². The minimum atomic E-state index is -2.94. The van der Waals surface area contributed by atoms with Crippen LogP contribution in [0.1, 0.15) is 40.4 Å². The van der Waals surface area contributed by atoms with Gasteiger partial charge in [-0.25, -0.2) is 0 Å². The lowest BCUT2D eigenvalue weighted by atomic mass is 10.1. The average molecular weight is 412 g/mol. The van der Waals surface area contributed by atoms with Crippen molar-refractivity contribution in [2.24, 2.45) is 0 Å². The number of hydrogen-bond acceptors (Lipinski definition) is 4. The fraction of sp³-hybridized carbons (Fsp3) is 0.304. The van der Waals surface area contributed by atoms with Crippen LogP contribution >= 0.6 is 0 Å². The molecule has 1 heterocycles. The second-order valence-corrected chi connectivity index (χ2v) is 7.26. The molecule has 5 nitrogen and oxygen atoms in total. The molecule has 30 heavy (non-hydrogen) atoms. The number of alkyl halides is 2. The maximum Gasteiger partial charge on any atom is 0.387 e. The third-order valence-electron chi connectivity index (χ3n) is 5.12. The minimum absolute atomic E-state index is 0.0227. The highest BCUT2D eigenvalue weighted by Gasteiger charge is 2.26. The first-order valence-electron chi connectivity index (χ1n) is 9.84. The normalized spacial score (nSPS) is 13.5. The highest BCUT2D eigenvalue weighted by Crippen LogP contribution is 2.40. The molecule has 0 spiro atoms. The molecule has 1 aliphatic rings. The number of rotatable bonds is 8. The van der Waals surface area contributed by atoms with Gasteiger partial charge >= 0.3 is 6.61 Å². The summed E-state index contributed by atoms with van der Waals surface area (Å²) in [6.45, 7) is -2.58. The van der Waals surface area contributed by atoms with Crippen LogP contribution in [0.2, 0.25) is 0 Å². The third-order valence-corrected chi connectivity index (χ3v) is 5.12. The zero-order chi connectivity index (χ0) is 21.1. The Kier molecular flexibility index (Phi) is 5.79. The molecule has 0 atom stereocenters. The van der Waals surface area contributed by atoms with E-state index in [1.807, 2.05) is 30.3 Å². The van der Waals surface area contributed by atoms with Gasteiger partial charge in [-0.3, -0.25) is 9.78 Å². The van der Waals surface area contributed by atoms with Gasteiger partial charge < -0.3 is 14.8 Å². The van der Waals surface area contributed by atoms with Crippen molar-refractivity contribution in [3.63, 3.8) is 0 Å². The zero-order valence-electron chi connectivity index (χ0n) is 16.5. The molecule has 1 aliphatic carbocycles. The Bertz CT molecular complexity index is 1070. The Morgan fingerprint density at radius 3 is 2.70 bits per heavy atom. The molecular formula is C23H22F2N2O3. The Labute approximate surface area is 173 Å². The molecule has 0 saturated heterocycles. The summed E-state index contributed by atoms with van der Waals surface area (Å²) >= 11 is 0. The first-order valence-corrected chi connectivity index (χ1v) is 9.84. The Morgan fingerprint density at radius 1 is 1.17 bits per heavy atom. The van der Waals surface area contributed by atoms with Crippen molar-refractivity contribution in [2.75, 3.05) is 13.7 Å². The number of hydrogen-bond donors (Lipinski definition) is 1. The van der Waals surface area contributed by atoms with Gasteiger partial charge in [-0.05, 0) is 49.1 Å². The third kappa shape index (κ3) is 4.50. The van der Waals surface area contributed by atoms with Crippen molar-refractivity contribution in [1.82, 2.24) is 10.3 Å². The maximum absolute atomic E-state index is 12.9. The smallest absolute Gasteiger partial charge is 0.387 e. The number of nitrogens with zero attached hydrogens (tertiary/aromatic N) is 1. The standard InChI is InChI=1S/C23H22F2N2O3/c1-29-20-9-6-14(12-21(20)30-23(24)25)10-11-26-22(28)17-13-19(15-7-8-15)27-18-5-3-2-4-16(17)18/h2-6,9,12-13,15,23H,7-8,10-11H2,1H3,(H,26,28). The van der Waals surface area contributed by atoms with Crippen LogP contribution in [0.5, 0.6) is 11.5 Å². The van der Waals surface area contributed by atoms with Gasteiger partial charge in [0.2, 0.25) is 0 Å². The Balaban J connectivity index is 1.47. The van der Waals surface area contributed by atoms with E-state index in [9.17, 15) is 13.6 Å². The van der Waals surface area contributed by atoms with Crippen molar-refractivity contribution in [3.8, 4) is 11.5 Å². The molecular weight excluding hydrogens is 390 g/mol. The van der Waals surface area contributed by atoms with E-state index < -0.39 is 6.61 Å². The Morgan fingerprint density at radius 2 is 1.97 bits per heavy atom. The summed E-state index contributed by atoms with van der Waals surface area (Å²) in [6.07, 6.45) is 2.67. The van der Waals surface area contributed by atoms with E-state index in [2.05, 4.69) is 10.1 Å². The number of para-hydroxylation sites is 1. The lowest BCUT2D eigenvalue weighted by Crippen LogP contribution is -2.26. The quantitative estimate of drug-likeness (QED) is 0.583. The van der Waals surface area contributed by atoms with Gasteiger partial charge in [0.05, 0.1) is 18.2 Å². The molecule has 1 N–H and O–H groups in total. The Hall–Kier alpha value is -3.22. The van der Waals surface area contributed by atoms with Crippen LogP contribution in [0.25, 0.3) is 10.9 Å². The van der Waals surface area contributed by atoms with Gasteiger partial charge in [0, 0.05) is 23.5 Å². The predicted octanol–water partition coefficient (Wildman–Crippen LogP) is 4.69. The second-order valence-electron chi connectivity index (χ2n) is 7.26. The highest BCUT2D eigenvalue weighted by molar-refractivity contribution is 6.06. The van der Waals surface area contributed by atoms with Crippen LogP contribution in [0.15, 0.2) is 48.5 Å². The molecule has 0 bridgehead atoms. The van der Waals surface area contributed by atoms with E-state index in [0.717, 1.165) is 35.0 Å².